The zero-order valence-electron chi connectivity index (χ0n) is 7.18. The summed E-state index contributed by atoms with van der Waals surface area (Å²) >= 11 is 1.39. The van der Waals surface area contributed by atoms with Crippen LogP contribution in [0.5, 0.6) is 0 Å². The molecule has 0 spiro atoms. The van der Waals surface area contributed by atoms with Crippen molar-refractivity contribution in [2.75, 3.05) is 5.32 Å². The molecule has 4 nitrogen and oxygen atoms in total. The molecule has 2 rings (SSSR count). The lowest BCUT2D eigenvalue weighted by atomic mass is 10.4. The average Bonchev–Trinajstić information content (AvgIpc) is 2.72. The van der Waals surface area contributed by atoms with Crippen molar-refractivity contribution in [3.8, 4) is 0 Å². The first kappa shape index (κ1) is 8.83. The number of nitrogens with one attached hydrogen (secondary N) is 1. The third-order valence-corrected chi connectivity index (χ3v) is 2.16. The summed E-state index contributed by atoms with van der Waals surface area (Å²) in [6.07, 6.45) is 1.62. The number of hydrogen-bond donors (Lipinski definition) is 1. The monoisotopic (exact) mass is 205 g/mol. The normalized spacial score (nSPS) is 9.71. The number of aromatic nitrogens is 2. The van der Waals surface area contributed by atoms with Crippen LogP contribution in [0.25, 0.3) is 0 Å². The van der Waals surface area contributed by atoms with Gasteiger partial charge in [-0.1, -0.05) is 6.07 Å². The van der Waals surface area contributed by atoms with Crippen LogP contribution >= 0.6 is 11.3 Å². The fourth-order valence-electron chi connectivity index (χ4n) is 0.942. The lowest BCUT2D eigenvalue weighted by Gasteiger charge is -2.00. The highest BCUT2D eigenvalue weighted by Crippen LogP contribution is 2.05. The number of anilines is 1. The minimum absolute atomic E-state index is 0.232. The van der Waals surface area contributed by atoms with Crippen LogP contribution in [0.15, 0.2) is 35.3 Å². The van der Waals surface area contributed by atoms with E-state index < -0.39 is 0 Å². The van der Waals surface area contributed by atoms with Crippen LogP contribution in [0.1, 0.15) is 10.5 Å². The van der Waals surface area contributed by atoms with Gasteiger partial charge >= 0.3 is 0 Å². The van der Waals surface area contributed by atoms with Crippen molar-refractivity contribution >= 4 is 23.1 Å². The van der Waals surface area contributed by atoms with Crippen LogP contribution in [0, 0.1) is 0 Å². The van der Waals surface area contributed by atoms with Crippen molar-refractivity contribution in [2.45, 2.75) is 0 Å². The van der Waals surface area contributed by atoms with E-state index in [-0.39, 0.29) is 5.91 Å². The number of carbonyl (C=O) groups is 1. The molecule has 5 heteroatoms. The second kappa shape index (κ2) is 3.97. The van der Waals surface area contributed by atoms with Gasteiger partial charge in [0.2, 0.25) is 0 Å². The Morgan fingerprint density at radius 1 is 1.36 bits per heavy atom. The van der Waals surface area contributed by atoms with Crippen LogP contribution in [0.3, 0.4) is 0 Å². The average molecular weight is 205 g/mol. The highest BCUT2D eigenvalue weighted by molar-refractivity contribution is 7.07. The third-order valence-electron chi connectivity index (χ3n) is 1.57. The fourth-order valence-corrected chi connectivity index (χ4v) is 1.47. The maximum atomic E-state index is 11.5. The summed E-state index contributed by atoms with van der Waals surface area (Å²) in [5.41, 5.74) is 2.04. The molecule has 0 saturated heterocycles. The van der Waals surface area contributed by atoms with Gasteiger partial charge in [0.05, 0.1) is 5.51 Å². The molecule has 2 heterocycles. The van der Waals surface area contributed by atoms with Gasteiger partial charge in [-0.3, -0.25) is 4.79 Å². The Hall–Kier alpha value is -1.75. The predicted octanol–water partition coefficient (Wildman–Crippen LogP) is 1.79. The number of thiazole rings is 1. The molecule has 0 aromatic carbocycles. The summed E-state index contributed by atoms with van der Waals surface area (Å²) in [6, 6.07) is 5.33. The second-order valence-corrected chi connectivity index (χ2v) is 3.26. The SMILES string of the molecule is O=C(Nc1ccccn1)c1cscn1. The molecule has 70 valence electrons. The minimum Gasteiger partial charge on any atom is -0.305 e. The van der Waals surface area contributed by atoms with E-state index in [1.54, 1.807) is 29.2 Å². The van der Waals surface area contributed by atoms with Crippen molar-refractivity contribution in [1.29, 1.82) is 0 Å². The third kappa shape index (κ3) is 1.94. The molecule has 1 N–H and O–H groups in total. The number of hydrogen-bond acceptors (Lipinski definition) is 4. The summed E-state index contributed by atoms with van der Waals surface area (Å²) in [4.78, 5) is 19.3. The van der Waals surface area contributed by atoms with Gasteiger partial charge in [0.1, 0.15) is 11.5 Å². The first-order valence-electron chi connectivity index (χ1n) is 3.97. The van der Waals surface area contributed by atoms with Crippen LogP contribution in [-0.4, -0.2) is 15.9 Å². The zero-order chi connectivity index (χ0) is 9.80. The van der Waals surface area contributed by atoms with E-state index in [9.17, 15) is 4.79 Å². The summed E-state index contributed by atoms with van der Waals surface area (Å²) in [6.45, 7) is 0. The number of nitrogens with zero attached hydrogens (tertiary/aromatic N) is 2. The fraction of sp³-hybridized carbons (Fsp3) is 0. The lowest BCUT2D eigenvalue weighted by molar-refractivity contribution is 0.102. The molecule has 0 fully saturated rings. The largest absolute Gasteiger partial charge is 0.305 e. The lowest BCUT2D eigenvalue weighted by Crippen LogP contribution is -2.12. The number of amides is 1. The zero-order valence-corrected chi connectivity index (χ0v) is 7.99. The Kier molecular flexibility index (Phi) is 2.51. The minimum atomic E-state index is -0.232. The summed E-state index contributed by atoms with van der Waals surface area (Å²) in [5.74, 6) is 0.301. The van der Waals surface area contributed by atoms with Crippen LogP contribution in [0.2, 0.25) is 0 Å². The molecule has 2 aromatic heterocycles. The van der Waals surface area contributed by atoms with Gasteiger partial charge in [-0.05, 0) is 12.1 Å². The standard InChI is InChI=1S/C9H7N3OS/c13-9(7-5-14-6-11-7)12-8-3-1-2-4-10-8/h1-6H,(H,10,12,13). The van der Waals surface area contributed by atoms with Crippen molar-refractivity contribution in [2.24, 2.45) is 0 Å². The van der Waals surface area contributed by atoms with Crippen molar-refractivity contribution in [3.05, 3.63) is 41.0 Å². The Labute approximate surface area is 84.6 Å². The number of rotatable bonds is 2. The van der Waals surface area contributed by atoms with Crippen molar-refractivity contribution < 1.29 is 4.79 Å². The van der Waals surface area contributed by atoms with Gasteiger partial charge in [0, 0.05) is 11.6 Å². The molecule has 0 unspecified atom stereocenters. The molecule has 0 aliphatic rings. The molecule has 0 atom stereocenters. The van der Waals surface area contributed by atoms with E-state index in [0.717, 1.165) is 0 Å². The maximum Gasteiger partial charge on any atom is 0.276 e. The Bertz CT molecular complexity index is 413. The number of pyridine rings is 1. The first-order chi connectivity index (χ1) is 6.86. The topological polar surface area (TPSA) is 54.9 Å². The summed E-state index contributed by atoms with van der Waals surface area (Å²) < 4.78 is 0. The van der Waals surface area contributed by atoms with E-state index in [1.165, 1.54) is 11.3 Å². The molecule has 1 amide bonds. The van der Waals surface area contributed by atoms with Crippen LogP contribution < -0.4 is 5.32 Å². The molecule has 0 aliphatic carbocycles. The van der Waals surface area contributed by atoms with E-state index in [0.29, 0.717) is 11.5 Å². The van der Waals surface area contributed by atoms with Crippen LogP contribution in [0.4, 0.5) is 5.82 Å². The second-order valence-electron chi connectivity index (χ2n) is 2.54. The summed E-state index contributed by atoms with van der Waals surface area (Å²) in [5, 5.41) is 4.33. The molecular formula is C9H7N3OS. The quantitative estimate of drug-likeness (QED) is 0.813. The molecule has 0 saturated carbocycles. The maximum absolute atomic E-state index is 11.5. The molecular weight excluding hydrogens is 198 g/mol. The highest BCUT2D eigenvalue weighted by atomic mass is 32.1. The van der Waals surface area contributed by atoms with Gasteiger partial charge < -0.3 is 5.32 Å². The van der Waals surface area contributed by atoms with E-state index >= 15 is 0 Å². The molecule has 0 bridgehead atoms. The number of carbonyl (C=O) groups excluding carboxylic acids is 1. The summed E-state index contributed by atoms with van der Waals surface area (Å²) in [7, 11) is 0. The van der Waals surface area contributed by atoms with E-state index in [4.69, 9.17) is 0 Å². The molecule has 0 aliphatic heterocycles. The molecule has 14 heavy (non-hydrogen) atoms. The van der Waals surface area contributed by atoms with Gasteiger partial charge in [-0.25, -0.2) is 9.97 Å². The van der Waals surface area contributed by atoms with Crippen molar-refractivity contribution in [1.82, 2.24) is 9.97 Å². The molecule has 0 radical (unpaired) electrons. The van der Waals surface area contributed by atoms with Gasteiger partial charge in [-0.15, -0.1) is 11.3 Å². The Balaban J connectivity index is 2.10. The van der Waals surface area contributed by atoms with Gasteiger partial charge in [-0.2, -0.15) is 0 Å². The van der Waals surface area contributed by atoms with Crippen LogP contribution in [-0.2, 0) is 0 Å². The Morgan fingerprint density at radius 3 is 2.93 bits per heavy atom. The first-order valence-corrected chi connectivity index (χ1v) is 4.91. The smallest absolute Gasteiger partial charge is 0.276 e. The van der Waals surface area contributed by atoms with E-state index in [2.05, 4.69) is 15.3 Å². The Morgan fingerprint density at radius 2 is 2.29 bits per heavy atom. The van der Waals surface area contributed by atoms with E-state index in [1.807, 2.05) is 6.07 Å². The van der Waals surface area contributed by atoms with Gasteiger partial charge in [0.15, 0.2) is 0 Å². The predicted molar refractivity (Wildman–Crippen MR) is 54.3 cm³/mol. The van der Waals surface area contributed by atoms with Gasteiger partial charge in [0.25, 0.3) is 5.91 Å². The molecule has 2 aromatic rings. The van der Waals surface area contributed by atoms with Crippen molar-refractivity contribution in [3.63, 3.8) is 0 Å². The highest BCUT2D eigenvalue weighted by Gasteiger charge is 2.07.